The molecule has 0 saturated carbocycles. The molecular weight excluding hydrogens is 380 g/mol. The molecule has 0 unspecified atom stereocenters. The molecule has 0 radical (unpaired) electrons. The number of H-pyrrole nitrogens is 1. The highest BCUT2D eigenvalue weighted by molar-refractivity contribution is 7.71. The molecule has 1 heterocycles. The fourth-order valence-corrected chi connectivity index (χ4v) is 2.69. The quantitative estimate of drug-likeness (QED) is 0.389. The fourth-order valence-electron chi connectivity index (χ4n) is 2.51. The molecule has 0 aliphatic carbocycles. The van der Waals surface area contributed by atoms with Gasteiger partial charge in [-0.25, -0.2) is 9.89 Å². The van der Waals surface area contributed by atoms with Gasteiger partial charge in [-0.05, 0) is 48.1 Å². The molecule has 0 aliphatic rings. The van der Waals surface area contributed by atoms with Crippen LogP contribution in [0.5, 0.6) is 11.5 Å². The minimum atomic E-state index is -0.392. The summed E-state index contributed by atoms with van der Waals surface area (Å²) in [6.07, 6.45) is 1.62. The Labute approximate surface area is 166 Å². The summed E-state index contributed by atoms with van der Waals surface area (Å²) in [5.41, 5.74) is 2.00. The van der Waals surface area contributed by atoms with E-state index < -0.39 is 5.97 Å². The summed E-state index contributed by atoms with van der Waals surface area (Å²) < 4.78 is 17.1. The maximum atomic E-state index is 11.5. The van der Waals surface area contributed by atoms with Crippen LogP contribution >= 0.6 is 12.2 Å². The number of hydrogen-bond acceptors (Lipinski definition) is 7. The van der Waals surface area contributed by atoms with E-state index in [0.717, 1.165) is 11.1 Å². The zero-order chi connectivity index (χ0) is 20.1. The summed E-state index contributed by atoms with van der Waals surface area (Å²) in [5.74, 6) is 1.31. The summed E-state index contributed by atoms with van der Waals surface area (Å²) in [6, 6.07) is 12.3. The van der Waals surface area contributed by atoms with Crippen LogP contribution in [0.1, 0.15) is 15.9 Å². The van der Waals surface area contributed by atoms with Crippen LogP contribution < -0.4 is 9.47 Å². The van der Waals surface area contributed by atoms with Gasteiger partial charge in [-0.2, -0.15) is 14.9 Å². The molecule has 3 rings (SSSR count). The van der Waals surface area contributed by atoms with Crippen molar-refractivity contribution in [1.82, 2.24) is 14.9 Å². The first-order valence-electron chi connectivity index (χ1n) is 8.20. The molecule has 0 spiro atoms. The molecule has 0 atom stereocenters. The predicted molar refractivity (Wildman–Crippen MR) is 107 cm³/mol. The standard InChI is InChI=1S/C19H18N4O4S/c1-25-15-9-8-14(10-16(15)26-2)17-21-22-19(28)23(17)20-11-12-4-6-13(7-5-12)18(24)27-3/h4-11H,1-3H3,(H,22,28). The van der Waals surface area contributed by atoms with Crippen LogP contribution in [-0.4, -0.2) is 48.4 Å². The normalized spacial score (nSPS) is 10.8. The van der Waals surface area contributed by atoms with Gasteiger partial charge in [0.05, 0.1) is 33.1 Å². The molecule has 9 heteroatoms. The molecule has 1 aromatic heterocycles. The highest BCUT2D eigenvalue weighted by Gasteiger charge is 2.12. The molecule has 0 saturated heterocycles. The molecule has 1 N–H and O–H groups in total. The van der Waals surface area contributed by atoms with Gasteiger partial charge < -0.3 is 14.2 Å². The van der Waals surface area contributed by atoms with Crippen molar-refractivity contribution in [3.63, 3.8) is 0 Å². The largest absolute Gasteiger partial charge is 0.493 e. The number of methoxy groups -OCH3 is 3. The Hall–Kier alpha value is -3.46. The van der Waals surface area contributed by atoms with E-state index >= 15 is 0 Å². The van der Waals surface area contributed by atoms with Crippen LogP contribution in [0.2, 0.25) is 0 Å². The number of carbonyl (C=O) groups excluding carboxylic acids is 1. The van der Waals surface area contributed by atoms with E-state index in [9.17, 15) is 4.79 Å². The van der Waals surface area contributed by atoms with Crippen molar-refractivity contribution in [1.29, 1.82) is 0 Å². The number of aromatic amines is 1. The van der Waals surface area contributed by atoms with Crippen LogP contribution in [0.15, 0.2) is 47.6 Å². The highest BCUT2D eigenvalue weighted by Crippen LogP contribution is 2.31. The Morgan fingerprint density at radius 2 is 1.82 bits per heavy atom. The van der Waals surface area contributed by atoms with Gasteiger partial charge in [0.1, 0.15) is 0 Å². The Morgan fingerprint density at radius 1 is 1.11 bits per heavy atom. The molecule has 0 bridgehead atoms. The van der Waals surface area contributed by atoms with E-state index in [1.54, 1.807) is 56.8 Å². The van der Waals surface area contributed by atoms with Crippen molar-refractivity contribution in [3.8, 4) is 22.9 Å². The van der Waals surface area contributed by atoms with Crippen molar-refractivity contribution in [3.05, 3.63) is 58.4 Å². The molecule has 0 amide bonds. The number of nitrogens with one attached hydrogen (secondary N) is 1. The molecule has 2 aromatic carbocycles. The predicted octanol–water partition coefficient (Wildman–Crippen LogP) is 3.29. The van der Waals surface area contributed by atoms with Crippen LogP contribution in [0.4, 0.5) is 0 Å². The van der Waals surface area contributed by atoms with Gasteiger partial charge >= 0.3 is 5.97 Å². The maximum Gasteiger partial charge on any atom is 0.337 e. The van der Waals surface area contributed by atoms with Gasteiger partial charge in [0.2, 0.25) is 4.77 Å². The van der Waals surface area contributed by atoms with Gasteiger partial charge in [0, 0.05) is 5.56 Å². The number of aromatic nitrogens is 3. The van der Waals surface area contributed by atoms with E-state index in [1.165, 1.54) is 11.8 Å². The van der Waals surface area contributed by atoms with E-state index in [1.807, 2.05) is 6.07 Å². The monoisotopic (exact) mass is 398 g/mol. The third-order valence-electron chi connectivity index (χ3n) is 3.95. The van der Waals surface area contributed by atoms with Crippen molar-refractivity contribution in [2.45, 2.75) is 0 Å². The second-order valence-electron chi connectivity index (χ2n) is 5.59. The van der Waals surface area contributed by atoms with Crippen LogP contribution in [0, 0.1) is 4.77 Å². The zero-order valence-electron chi connectivity index (χ0n) is 15.5. The molecule has 0 aliphatic heterocycles. The second kappa shape index (κ2) is 8.49. The van der Waals surface area contributed by atoms with Crippen molar-refractivity contribution < 1.29 is 19.0 Å². The van der Waals surface area contributed by atoms with Gasteiger partial charge in [-0.3, -0.25) is 0 Å². The van der Waals surface area contributed by atoms with E-state index in [-0.39, 0.29) is 0 Å². The first-order chi connectivity index (χ1) is 13.6. The summed E-state index contributed by atoms with van der Waals surface area (Å²) in [5, 5.41) is 11.4. The Morgan fingerprint density at radius 3 is 2.46 bits per heavy atom. The molecule has 28 heavy (non-hydrogen) atoms. The number of carbonyl (C=O) groups is 1. The minimum Gasteiger partial charge on any atom is -0.493 e. The summed E-state index contributed by atoms with van der Waals surface area (Å²) in [4.78, 5) is 11.5. The number of rotatable bonds is 6. The maximum absolute atomic E-state index is 11.5. The molecule has 144 valence electrons. The smallest absolute Gasteiger partial charge is 0.337 e. The van der Waals surface area contributed by atoms with Gasteiger partial charge in [-0.15, -0.1) is 0 Å². The summed E-state index contributed by atoms with van der Waals surface area (Å²) >= 11 is 5.28. The zero-order valence-corrected chi connectivity index (χ0v) is 16.3. The number of esters is 1. The second-order valence-corrected chi connectivity index (χ2v) is 5.98. The van der Waals surface area contributed by atoms with E-state index in [2.05, 4.69) is 20.0 Å². The summed E-state index contributed by atoms with van der Waals surface area (Å²) in [6.45, 7) is 0. The van der Waals surface area contributed by atoms with Crippen molar-refractivity contribution in [2.24, 2.45) is 5.10 Å². The average Bonchev–Trinajstić information content (AvgIpc) is 3.11. The first-order valence-corrected chi connectivity index (χ1v) is 8.60. The third kappa shape index (κ3) is 3.94. The van der Waals surface area contributed by atoms with Crippen LogP contribution in [-0.2, 0) is 4.74 Å². The number of ether oxygens (including phenoxy) is 3. The van der Waals surface area contributed by atoms with Gasteiger partial charge in [-0.1, -0.05) is 12.1 Å². The van der Waals surface area contributed by atoms with Gasteiger partial charge in [0.15, 0.2) is 17.3 Å². The lowest BCUT2D eigenvalue weighted by Gasteiger charge is -2.09. The van der Waals surface area contributed by atoms with E-state index in [0.29, 0.717) is 27.7 Å². The lowest BCUT2D eigenvalue weighted by atomic mass is 10.1. The lowest BCUT2D eigenvalue weighted by molar-refractivity contribution is 0.0600. The van der Waals surface area contributed by atoms with Gasteiger partial charge in [0.25, 0.3) is 0 Å². The average molecular weight is 398 g/mol. The molecule has 0 fully saturated rings. The number of nitrogens with zero attached hydrogens (tertiary/aromatic N) is 3. The van der Waals surface area contributed by atoms with Crippen molar-refractivity contribution in [2.75, 3.05) is 21.3 Å². The number of benzene rings is 2. The topological polar surface area (TPSA) is 90.7 Å². The van der Waals surface area contributed by atoms with Crippen molar-refractivity contribution >= 4 is 24.4 Å². The Bertz CT molecular complexity index is 1070. The Balaban J connectivity index is 1.92. The third-order valence-corrected chi connectivity index (χ3v) is 4.21. The lowest BCUT2D eigenvalue weighted by Crippen LogP contribution is -2.01. The minimum absolute atomic E-state index is 0.340. The fraction of sp³-hybridized carbons (Fsp3) is 0.158. The highest BCUT2D eigenvalue weighted by atomic mass is 32.1. The molecule has 8 nitrogen and oxygen atoms in total. The molecular formula is C19H18N4O4S. The first kappa shape index (κ1) is 19.3. The Kier molecular flexibility index (Phi) is 5.85. The van der Waals surface area contributed by atoms with Crippen LogP contribution in [0.3, 0.4) is 0 Å². The number of hydrogen-bond donors (Lipinski definition) is 1. The van der Waals surface area contributed by atoms with E-state index in [4.69, 9.17) is 21.7 Å². The SMILES string of the molecule is COC(=O)c1ccc(C=Nn2c(-c3ccc(OC)c(OC)c3)n[nH]c2=S)cc1. The van der Waals surface area contributed by atoms with Crippen LogP contribution in [0.25, 0.3) is 11.4 Å². The summed E-state index contributed by atoms with van der Waals surface area (Å²) in [7, 11) is 4.48. The molecule has 3 aromatic rings.